The number of carbonyl (C=O) groups is 1. The van der Waals surface area contributed by atoms with Gasteiger partial charge in [0.05, 0.1) is 5.88 Å². The lowest BCUT2D eigenvalue weighted by atomic mass is 10.2. The summed E-state index contributed by atoms with van der Waals surface area (Å²) >= 11 is 6.80. The van der Waals surface area contributed by atoms with Gasteiger partial charge in [0.15, 0.2) is 5.78 Å². The summed E-state index contributed by atoms with van der Waals surface area (Å²) in [6.45, 7) is 0. The summed E-state index contributed by atoms with van der Waals surface area (Å²) in [7, 11) is 0. The van der Waals surface area contributed by atoms with Gasteiger partial charge in [-0.25, -0.2) is 0 Å². The predicted molar refractivity (Wildman–Crippen MR) is 39.4 cm³/mol. The molecule has 0 saturated heterocycles. The van der Waals surface area contributed by atoms with Crippen LogP contribution in [0.1, 0.15) is 10.4 Å². The lowest BCUT2D eigenvalue weighted by molar-refractivity contribution is 0.102. The first kappa shape index (κ1) is 6.78. The lowest BCUT2D eigenvalue weighted by Gasteiger charge is -1.85. The normalized spacial score (nSPS) is 9.44. The maximum Gasteiger partial charge on any atom is 0.178 e. The Balaban J connectivity index is 2.77. The zero-order valence-corrected chi connectivity index (χ0v) is 6.21. The van der Waals surface area contributed by atoms with Crippen molar-refractivity contribution < 1.29 is 4.79 Å². The van der Waals surface area contributed by atoms with Gasteiger partial charge in [-0.2, -0.15) is 11.3 Å². The van der Waals surface area contributed by atoms with E-state index >= 15 is 0 Å². The Kier molecular flexibility index (Phi) is 2.25. The molecule has 0 amide bonds. The number of Topliss-reactive ketones (excluding diaryl/α,β-unsaturated/α-hetero) is 1. The van der Waals surface area contributed by atoms with Crippen LogP contribution >= 0.6 is 22.9 Å². The van der Waals surface area contributed by atoms with Crippen molar-refractivity contribution in [2.45, 2.75) is 0 Å². The zero-order chi connectivity index (χ0) is 6.69. The van der Waals surface area contributed by atoms with E-state index in [1.165, 1.54) is 11.3 Å². The van der Waals surface area contributed by atoms with E-state index in [9.17, 15) is 4.79 Å². The van der Waals surface area contributed by atoms with Gasteiger partial charge < -0.3 is 0 Å². The van der Waals surface area contributed by atoms with Crippen molar-refractivity contribution in [1.82, 2.24) is 0 Å². The monoisotopic (exact) mass is 160 g/mol. The molecule has 0 spiro atoms. The molecule has 0 atom stereocenters. The lowest BCUT2D eigenvalue weighted by Crippen LogP contribution is -1.96. The number of ketones is 1. The van der Waals surface area contributed by atoms with E-state index in [-0.39, 0.29) is 11.7 Å². The Bertz CT molecular complexity index is 193. The molecule has 48 valence electrons. The van der Waals surface area contributed by atoms with Crippen molar-refractivity contribution in [3.05, 3.63) is 22.4 Å². The first-order valence-electron chi connectivity index (χ1n) is 2.46. The van der Waals surface area contributed by atoms with Crippen LogP contribution in [0, 0.1) is 0 Å². The summed E-state index contributed by atoms with van der Waals surface area (Å²) in [5.41, 5.74) is 0.718. The van der Waals surface area contributed by atoms with Crippen LogP contribution in [0.5, 0.6) is 0 Å². The summed E-state index contributed by atoms with van der Waals surface area (Å²) in [5.74, 6) is 0.0782. The Morgan fingerprint density at radius 1 is 1.78 bits per heavy atom. The molecule has 0 bridgehead atoms. The van der Waals surface area contributed by atoms with Crippen LogP contribution in [0.2, 0.25) is 0 Å². The molecule has 0 aliphatic heterocycles. The van der Waals surface area contributed by atoms with Crippen LogP contribution in [0.4, 0.5) is 0 Å². The van der Waals surface area contributed by atoms with E-state index in [1.54, 1.807) is 11.4 Å². The third-order valence-electron chi connectivity index (χ3n) is 0.965. The van der Waals surface area contributed by atoms with Gasteiger partial charge in [-0.15, -0.1) is 11.6 Å². The summed E-state index contributed by atoms with van der Waals surface area (Å²) in [6.07, 6.45) is 0. The second kappa shape index (κ2) is 2.99. The van der Waals surface area contributed by atoms with Crippen LogP contribution < -0.4 is 0 Å². The largest absolute Gasteiger partial charge is 0.293 e. The molecule has 1 nitrogen and oxygen atoms in total. The van der Waals surface area contributed by atoms with Crippen molar-refractivity contribution in [2.75, 3.05) is 5.88 Å². The minimum atomic E-state index is -0.00193. The van der Waals surface area contributed by atoms with Crippen LogP contribution in [0.15, 0.2) is 16.8 Å². The van der Waals surface area contributed by atoms with Gasteiger partial charge in [0.2, 0.25) is 0 Å². The third kappa shape index (κ3) is 1.53. The molecule has 0 N–H and O–H groups in total. The number of rotatable bonds is 2. The minimum absolute atomic E-state index is 0.00193. The van der Waals surface area contributed by atoms with Gasteiger partial charge in [-0.3, -0.25) is 4.79 Å². The fraction of sp³-hybridized carbons (Fsp3) is 0.167. The maximum absolute atomic E-state index is 10.7. The van der Waals surface area contributed by atoms with Crippen molar-refractivity contribution in [3.8, 4) is 0 Å². The van der Waals surface area contributed by atoms with Gasteiger partial charge in [0, 0.05) is 10.9 Å². The molecule has 0 aliphatic rings. The van der Waals surface area contributed by atoms with Gasteiger partial charge in [-0.1, -0.05) is 0 Å². The molecule has 0 fully saturated rings. The molecule has 0 aliphatic carbocycles. The summed E-state index contributed by atoms with van der Waals surface area (Å²) < 4.78 is 0. The highest BCUT2D eigenvalue weighted by Crippen LogP contribution is 2.06. The molecule has 1 rings (SSSR count). The molecule has 3 heteroatoms. The topological polar surface area (TPSA) is 17.1 Å². The second-order valence-electron chi connectivity index (χ2n) is 1.57. The Labute approximate surface area is 62.3 Å². The summed E-state index contributed by atoms with van der Waals surface area (Å²) in [4.78, 5) is 10.7. The molecule has 1 aromatic heterocycles. The van der Waals surface area contributed by atoms with Crippen LogP contribution in [-0.2, 0) is 0 Å². The fourth-order valence-corrected chi connectivity index (χ4v) is 1.31. The smallest absolute Gasteiger partial charge is 0.178 e. The highest BCUT2D eigenvalue weighted by Gasteiger charge is 2.01. The highest BCUT2D eigenvalue weighted by molar-refractivity contribution is 7.08. The zero-order valence-electron chi connectivity index (χ0n) is 4.63. The average molecular weight is 161 g/mol. The summed E-state index contributed by atoms with van der Waals surface area (Å²) in [6, 6.07) is 1.77. The van der Waals surface area contributed by atoms with Crippen LogP contribution in [0.25, 0.3) is 0 Å². The molecule has 0 radical (unpaired) electrons. The standard InChI is InChI=1S/C6H5ClOS/c7-3-6(8)5-1-2-9-4-5/h1-2,4H,3H2. The van der Waals surface area contributed by atoms with Gasteiger partial charge in [0.1, 0.15) is 0 Å². The molecule has 0 saturated carbocycles. The molecule has 1 aromatic rings. The van der Waals surface area contributed by atoms with Crippen LogP contribution in [0.3, 0.4) is 0 Å². The summed E-state index contributed by atoms with van der Waals surface area (Å²) in [5, 5.41) is 3.66. The molecule has 0 unspecified atom stereocenters. The third-order valence-corrected chi connectivity index (χ3v) is 1.89. The van der Waals surface area contributed by atoms with E-state index < -0.39 is 0 Å². The number of hydrogen-bond acceptors (Lipinski definition) is 2. The Hall–Kier alpha value is -0.340. The predicted octanol–water partition coefficient (Wildman–Crippen LogP) is 2.17. The Morgan fingerprint density at radius 2 is 2.56 bits per heavy atom. The molecular weight excluding hydrogens is 156 g/mol. The van der Waals surface area contributed by atoms with E-state index in [4.69, 9.17) is 11.6 Å². The minimum Gasteiger partial charge on any atom is -0.293 e. The van der Waals surface area contributed by atoms with Crippen molar-refractivity contribution in [2.24, 2.45) is 0 Å². The molecule has 0 aromatic carbocycles. The highest BCUT2D eigenvalue weighted by atomic mass is 35.5. The number of hydrogen-bond donors (Lipinski definition) is 0. The van der Waals surface area contributed by atoms with E-state index in [1.807, 2.05) is 5.38 Å². The number of alkyl halides is 1. The Morgan fingerprint density at radius 3 is 3.00 bits per heavy atom. The number of halogens is 1. The quantitative estimate of drug-likeness (QED) is 0.479. The van der Waals surface area contributed by atoms with E-state index in [0.29, 0.717) is 0 Å². The molecule has 1 heterocycles. The first-order valence-corrected chi connectivity index (χ1v) is 3.93. The van der Waals surface area contributed by atoms with Gasteiger partial charge >= 0.3 is 0 Å². The van der Waals surface area contributed by atoms with E-state index in [2.05, 4.69) is 0 Å². The molecular formula is C6H5ClOS. The van der Waals surface area contributed by atoms with Crippen molar-refractivity contribution >= 4 is 28.7 Å². The number of thiophene rings is 1. The first-order chi connectivity index (χ1) is 4.34. The van der Waals surface area contributed by atoms with Crippen molar-refractivity contribution in [1.29, 1.82) is 0 Å². The second-order valence-corrected chi connectivity index (χ2v) is 2.62. The van der Waals surface area contributed by atoms with Crippen molar-refractivity contribution in [3.63, 3.8) is 0 Å². The number of carbonyl (C=O) groups excluding carboxylic acids is 1. The average Bonchev–Trinajstić information content (AvgIpc) is 2.37. The SMILES string of the molecule is O=C(CCl)c1ccsc1. The molecule has 9 heavy (non-hydrogen) atoms. The fourth-order valence-electron chi connectivity index (χ4n) is 0.500. The van der Waals surface area contributed by atoms with E-state index in [0.717, 1.165) is 5.56 Å². The van der Waals surface area contributed by atoms with Crippen LogP contribution in [-0.4, -0.2) is 11.7 Å². The van der Waals surface area contributed by atoms with Gasteiger partial charge in [0.25, 0.3) is 0 Å². The van der Waals surface area contributed by atoms with Gasteiger partial charge in [-0.05, 0) is 11.4 Å². The maximum atomic E-state index is 10.7.